The van der Waals surface area contributed by atoms with Gasteiger partial charge in [-0.25, -0.2) is 4.79 Å². The third-order valence-corrected chi connectivity index (χ3v) is 4.62. The second-order valence-electron chi connectivity index (χ2n) is 6.17. The summed E-state index contributed by atoms with van der Waals surface area (Å²) >= 11 is 0. The number of nitrogens with one attached hydrogen (secondary N) is 2. The molecule has 0 radical (unpaired) electrons. The molecule has 1 atom stereocenters. The predicted octanol–water partition coefficient (Wildman–Crippen LogP) is 2.27. The number of carbonyl (C=O) groups excluding carboxylic acids is 2. The molecule has 0 saturated carbocycles. The molecule has 1 fully saturated rings. The van der Waals surface area contributed by atoms with E-state index < -0.39 is 0 Å². The molecule has 3 rings (SSSR count). The zero-order chi connectivity index (χ0) is 17.8. The molecule has 2 aromatic rings. The maximum atomic E-state index is 12.4. The third kappa shape index (κ3) is 3.68. The predicted molar refractivity (Wildman–Crippen MR) is 96.5 cm³/mol. The van der Waals surface area contributed by atoms with E-state index in [2.05, 4.69) is 16.7 Å². The van der Waals surface area contributed by atoms with E-state index in [0.29, 0.717) is 19.5 Å². The molecule has 132 valence electrons. The first-order valence-electron chi connectivity index (χ1n) is 8.45. The van der Waals surface area contributed by atoms with E-state index in [1.165, 1.54) is 0 Å². The number of fused-ring (bicyclic) bond motifs is 1. The summed E-state index contributed by atoms with van der Waals surface area (Å²) in [6.45, 7) is 1.04. The van der Waals surface area contributed by atoms with Gasteiger partial charge in [-0.05, 0) is 47.4 Å². The number of rotatable bonds is 4. The minimum absolute atomic E-state index is 0.104. The van der Waals surface area contributed by atoms with Gasteiger partial charge in [-0.2, -0.15) is 0 Å². The summed E-state index contributed by atoms with van der Waals surface area (Å²) in [6, 6.07) is 11.4. The van der Waals surface area contributed by atoms with Crippen molar-refractivity contribution in [1.29, 1.82) is 0 Å². The number of nitrogens with zero attached hydrogens (tertiary/aromatic N) is 1. The molecule has 0 spiro atoms. The van der Waals surface area contributed by atoms with Crippen LogP contribution in [-0.2, 0) is 11.3 Å². The Hall–Kier alpha value is -2.76. The number of benzene rings is 2. The highest BCUT2D eigenvalue weighted by Gasteiger charge is 2.33. The highest BCUT2D eigenvalue weighted by atomic mass is 16.5. The van der Waals surface area contributed by atoms with Crippen LogP contribution in [0.1, 0.15) is 18.4 Å². The summed E-state index contributed by atoms with van der Waals surface area (Å²) < 4.78 is 5.23. The Morgan fingerprint density at radius 1 is 1.20 bits per heavy atom. The Morgan fingerprint density at radius 2 is 1.96 bits per heavy atom. The summed E-state index contributed by atoms with van der Waals surface area (Å²) in [5.74, 6) is 0.718. The zero-order valence-electron chi connectivity index (χ0n) is 14.5. The molecule has 1 saturated heterocycles. The Morgan fingerprint density at radius 3 is 2.72 bits per heavy atom. The van der Waals surface area contributed by atoms with E-state index in [0.717, 1.165) is 28.5 Å². The van der Waals surface area contributed by atoms with E-state index in [1.54, 1.807) is 19.1 Å². The summed E-state index contributed by atoms with van der Waals surface area (Å²) in [6.07, 6.45) is 1.56. The first-order valence-corrected chi connectivity index (χ1v) is 8.45. The van der Waals surface area contributed by atoms with Crippen LogP contribution in [0.25, 0.3) is 10.8 Å². The second-order valence-corrected chi connectivity index (χ2v) is 6.17. The maximum absolute atomic E-state index is 12.4. The van der Waals surface area contributed by atoms with E-state index in [-0.39, 0.29) is 18.0 Å². The average Bonchev–Trinajstić information content (AvgIpc) is 3.14. The van der Waals surface area contributed by atoms with Crippen LogP contribution in [0.4, 0.5) is 4.79 Å². The fourth-order valence-corrected chi connectivity index (χ4v) is 3.24. The van der Waals surface area contributed by atoms with Gasteiger partial charge in [0.2, 0.25) is 5.91 Å². The van der Waals surface area contributed by atoms with Gasteiger partial charge in [0, 0.05) is 20.1 Å². The van der Waals surface area contributed by atoms with Crippen LogP contribution >= 0.6 is 0 Å². The number of hydrogen-bond donors (Lipinski definition) is 2. The van der Waals surface area contributed by atoms with Crippen LogP contribution in [0.5, 0.6) is 5.75 Å². The molecular weight excluding hydrogens is 318 g/mol. The fraction of sp³-hybridized carbons (Fsp3) is 0.368. The second kappa shape index (κ2) is 7.42. The molecule has 1 heterocycles. The number of likely N-dealkylation sites (tertiary alicyclic amines) is 1. The third-order valence-electron chi connectivity index (χ3n) is 4.62. The molecule has 2 aromatic carbocycles. The van der Waals surface area contributed by atoms with Crippen molar-refractivity contribution in [3.8, 4) is 5.75 Å². The zero-order valence-corrected chi connectivity index (χ0v) is 14.5. The normalized spacial score (nSPS) is 16.7. The number of carbonyl (C=O) groups is 2. The summed E-state index contributed by atoms with van der Waals surface area (Å²) in [5, 5.41) is 7.73. The van der Waals surface area contributed by atoms with Crippen molar-refractivity contribution >= 4 is 22.7 Å². The van der Waals surface area contributed by atoms with Crippen LogP contribution in [0.3, 0.4) is 0 Å². The molecule has 6 heteroatoms. The van der Waals surface area contributed by atoms with Crippen molar-refractivity contribution in [2.24, 2.45) is 0 Å². The van der Waals surface area contributed by atoms with Crippen molar-refractivity contribution in [1.82, 2.24) is 15.5 Å². The number of likely N-dealkylation sites (N-methyl/N-ethyl adjacent to an activating group) is 1. The maximum Gasteiger partial charge on any atom is 0.318 e. The van der Waals surface area contributed by atoms with Gasteiger partial charge >= 0.3 is 6.03 Å². The summed E-state index contributed by atoms with van der Waals surface area (Å²) in [5.41, 5.74) is 1.02. The Bertz CT molecular complexity index is 791. The first-order chi connectivity index (χ1) is 12.1. The molecule has 1 unspecified atom stereocenters. The monoisotopic (exact) mass is 341 g/mol. The topological polar surface area (TPSA) is 70.7 Å². The van der Waals surface area contributed by atoms with Crippen molar-refractivity contribution in [2.75, 3.05) is 20.7 Å². The minimum atomic E-state index is -0.367. The summed E-state index contributed by atoms with van der Waals surface area (Å²) in [7, 11) is 3.25. The van der Waals surface area contributed by atoms with Gasteiger partial charge in [0.05, 0.1) is 7.11 Å². The smallest absolute Gasteiger partial charge is 0.318 e. The van der Waals surface area contributed by atoms with Gasteiger partial charge in [0.15, 0.2) is 0 Å². The van der Waals surface area contributed by atoms with E-state index >= 15 is 0 Å². The fourth-order valence-electron chi connectivity index (χ4n) is 3.24. The molecule has 2 N–H and O–H groups in total. The van der Waals surface area contributed by atoms with Crippen LogP contribution < -0.4 is 15.4 Å². The lowest BCUT2D eigenvalue weighted by atomic mass is 10.1. The average molecular weight is 341 g/mol. The number of hydrogen-bond acceptors (Lipinski definition) is 3. The molecule has 0 bridgehead atoms. The van der Waals surface area contributed by atoms with Crippen LogP contribution in [-0.4, -0.2) is 43.6 Å². The molecule has 1 aliphatic rings. The van der Waals surface area contributed by atoms with Gasteiger partial charge in [-0.1, -0.05) is 18.2 Å². The number of methoxy groups -OCH3 is 1. The van der Waals surface area contributed by atoms with Gasteiger partial charge in [0.25, 0.3) is 0 Å². The van der Waals surface area contributed by atoms with Crippen molar-refractivity contribution in [3.05, 3.63) is 42.0 Å². The highest BCUT2D eigenvalue weighted by molar-refractivity contribution is 5.87. The number of amides is 3. The lowest BCUT2D eigenvalue weighted by Crippen LogP contribution is -2.48. The Labute approximate surface area is 147 Å². The Kier molecular flexibility index (Phi) is 5.07. The van der Waals surface area contributed by atoms with Crippen LogP contribution in [0.15, 0.2) is 36.4 Å². The molecule has 1 aliphatic heterocycles. The SMILES string of the molecule is CNC(=O)C1CCCN1C(=O)NCc1ccc2cc(OC)ccc2c1. The molecule has 0 aliphatic carbocycles. The van der Waals surface area contributed by atoms with E-state index in [9.17, 15) is 9.59 Å². The van der Waals surface area contributed by atoms with Crippen molar-refractivity contribution in [2.45, 2.75) is 25.4 Å². The molecule has 6 nitrogen and oxygen atoms in total. The molecule has 3 amide bonds. The van der Waals surface area contributed by atoms with Crippen LogP contribution in [0, 0.1) is 0 Å². The lowest BCUT2D eigenvalue weighted by molar-refractivity contribution is -0.124. The van der Waals surface area contributed by atoms with Crippen molar-refractivity contribution < 1.29 is 14.3 Å². The van der Waals surface area contributed by atoms with Gasteiger partial charge in [-0.3, -0.25) is 4.79 Å². The van der Waals surface area contributed by atoms with Crippen LogP contribution in [0.2, 0.25) is 0 Å². The minimum Gasteiger partial charge on any atom is -0.497 e. The lowest BCUT2D eigenvalue weighted by Gasteiger charge is -2.23. The number of urea groups is 1. The van der Waals surface area contributed by atoms with Gasteiger partial charge < -0.3 is 20.3 Å². The van der Waals surface area contributed by atoms with Gasteiger partial charge in [-0.15, -0.1) is 0 Å². The largest absolute Gasteiger partial charge is 0.497 e. The molecule has 0 aromatic heterocycles. The highest BCUT2D eigenvalue weighted by Crippen LogP contribution is 2.22. The standard InChI is InChI=1S/C19H23N3O3/c1-20-18(23)17-4-3-9-22(17)19(24)21-12-13-5-6-15-11-16(25-2)8-7-14(15)10-13/h5-8,10-11,17H,3-4,9,12H2,1-2H3,(H,20,23)(H,21,24). The first kappa shape index (κ1) is 17.1. The summed E-state index contributed by atoms with van der Waals surface area (Å²) in [4.78, 5) is 25.9. The van der Waals surface area contributed by atoms with E-state index in [4.69, 9.17) is 4.74 Å². The van der Waals surface area contributed by atoms with Gasteiger partial charge in [0.1, 0.15) is 11.8 Å². The molecule has 25 heavy (non-hydrogen) atoms. The quantitative estimate of drug-likeness (QED) is 0.896. The molecular formula is C19H23N3O3. The van der Waals surface area contributed by atoms with Crippen molar-refractivity contribution in [3.63, 3.8) is 0 Å². The Balaban J connectivity index is 1.65. The van der Waals surface area contributed by atoms with E-state index in [1.807, 2.05) is 30.3 Å². The number of ether oxygens (including phenoxy) is 1.